The van der Waals surface area contributed by atoms with E-state index in [2.05, 4.69) is 27.2 Å². The predicted octanol–water partition coefficient (Wildman–Crippen LogP) is 3.50. The van der Waals surface area contributed by atoms with Gasteiger partial charge in [0.2, 0.25) is 5.88 Å². The van der Waals surface area contributed by atoms with Gasteiger partial charge in [0.1, 0.15) is 24.1 Å². The maximum absolute atomic E-state index is 11.6. The number of anilines is 2. The third-order valence-corrected chi connectivity index (χ3v) is 4.29. The lowest BCUT2D eigenvalue weighted by atomic mass is 10.1. The van der Waals surface area contributed by atoms with Crippen molar-refractivity contribution in [3.8, 4) is 5.88 Å². The van der Waals surface area contributed by atoms with Crippen LogP contribution in [0.5, 0.6) is 5.88 Å². The fourth-order valence-corrected chi connectivity index (χ4v) is 2.88. The van der Waals surface area contributed by atoms with Gasteiger partial charge in [0.05, 0.1) is 6.10 Å². The van der Waals surface area contributed by atoms with Crippen LogP contribution >= 0.6 is 0 Å². The van der Waals surface area contributed by atoms with Gasteiger partial charge in [0, 0.05) is 37.7 Å². The first-order chi connectivity index (χ1) is 14.0. The Kier molecular flexibility index (Phi) is 7.18. The first-order valence-electron chi connectivity index (χ1n) is 9.87. The Hall–Kier alpha value is -2.94. The minimum atomic E-state index is -0.674. The van der Waals surface area contributed by atoms with Crippen molar-refractivity contribution in [2.24, 2.45) is 0 Å². The first kappa shape index (κ1) is 20.8. The number of hydrogen-bond acceptors (Lipinski definition) is 9. The number of rotatable bonds is 7. The van der Waals surface area contributed by atoms with Crippen molar-refractivity contribution >= 4 is 17.8 Å². The van der Waals surface area contributed by atoms with Crippen molar-refractivity contribution in [2.45, 2.75) is 52.2 Å². The summed E-state index contributed by atoms with van der Waals surface area (Å²) in [6.45, 7) is 6.77. The molecule has 0 amide bonds. The van der Waals surface area contributed by atoms with E-state index in [1.807, 2.05) is 18.2 Å². The maximum Gasteiger partial charge on any atom is 0.528 e. The van der Waals surface area contributed by atoms with Crippen LogP contribution in [0.15, 0.2) is 30.6 Å². The average molecular weight is 401 g/mol. The number of carbonyl (C=O) groups excluding carboxylic acids is 1. The number of piperidine rings is 1. The second kappa shape index (κ2) is 10.0. The summed E-state index contributed by atoms with van der Waals surface area (Å²) >= 11 is 0. The Balaban J connectivity index is 1.50. The smallest absolute Gasteiger partial charge is 0.474 e. The molecule has 0 aliphatic carbocycles. The zero-order valence-corrected chi connectivity index (χ0v) is 17.0. The molecular weight excluding hydrogens is 374 g/mol. The Labute approximate surface area is 170 Å². The molecule has 1 N–H and O–H groups in total. The van der Waals surface area contributed by atoms with E-state index >= 15 is 0 Å². The lowest BCUT2D eigenvalue weighted by Crippen LogP contribution is -2.40. The molecule has 0 bridgehead atoms. The number of carbonyl (C=O) groups is 1. The molecule has 0 spiro atoms. The van der Waals surface area contributed by atoms with E-state index in [-0.39, 0.29) is 12.2 Å². The fourth-order valence-electron chi connectivity index (χ4n) is 2.88. The van der Waals surface area contributed by atoms with Gasteiger partial charge in [-0.2, -0.15) is 0 Å². The van der Waals surface area contributed by atoms with Crippen LogP contribution in [0, 0.1) is 0 Å². The fraction of sp³-hybridized carbons (Fsp3) is 0.500. The summed E-state index contributed by atoms with van der Waals surface area (Å²) in [7, 11) is 0. The van der Waals surface area contributed by atoms with Crippen LogP contribution in [-0.4, -0.2) is 51.5 Å². The van der Waals surface area contributed by atoms with Crippen molar-refractivity contribution in [2.75, 3.05) is 18.4 Å². The summed E-state index contributed by atoms with van der Waals surface area (Å²) in [6, 6.07) is 7.59. The van der Waals surface area contributed by atoms with E-state index in [0.717, 1.165) is 17.9 Å². The van der Waals surface area contributed by atoms with Crippen LogP contribution in [0.2, 0.25) is 0 Å². The Morgan fingerprint density at radius 1 is 1.24 bits per heavy atom. The zero-order chi connectivity index (χ0) is 20.6. The molecule has 156 valence electrons. The van der Waals surface area contributed by atoms with Gasteiger partial charge in [-0.15, -0.1) is 5.06 Å². The van der Waals surface area contributed by atoms with Crippen LogP contribution in [-0.2, 0) is 16.0 Å². The molecule has 2 aromatic rings. The number of hydroxylamine groups is 2. The number of aryl methyl sites for hydroxylation is 1. The molecule has 2 aromatic heterocycles. The van der Waals surface area contributed by atoms with E-state index in [9.17, 15) is 4.79 Å². The standard InChI is InChI=1S/C20H27N5O4/c1-4-15-6-5-7-17(23-15)24-18-12-19(22-13-21-18)28-16-8-10-25(11-9-16)29-20(26)27-14(2)3/h5-7,12-14,16H,4,8-11H2,1-3H3,(H,21,22,23,24). The minimum Gasteiger partial charge on any atom is -0.474 e. The largest absolute Gasteiger partial charge is 0.528 e. The highest BCUT2D eigenvalue weighted by atomic mass is 16.8. The molecule has 1 fully saturated rings. The van der Waals surface area contributed by atoms with Crippen LogP contribution in [0.4, 0.5) is 16.4 Å². The number of nitrogens with one attached hydrogen (secondary N) is 1. The van der Waals surface area contributed by atoms with Crippen LogP contribution in [0.25, 0.3) is 0 Å². The second-order valence-corrected chi connectivity index (χ2v) is 6.99. The van der Waals surface area contributed by atoms with Gasteiger partial charge in [-0.3, -0.25) is 0 Å². The minimum absolute atomic E-state index is 0.0136. The zero-order valence-electron chi connectivity index (χ0n) is 17.0. The molecule has 3 heterocycles. The molecule has 1 saturated heterocycles. The maximum atomic E-state index is 11.6. The van der Waals surface area contributed by atoms with Gasteiger partial charge in [-0.25, -0.2) is 19.7 Å². The predicted molar refractivity (Wildman–Crippen MR) is 107 cm³/mol. The number of aromatic nitrogens is 3. The van der Waals surface area contributed by atoms with Gasteiger partial charge in [-0.05, 0) is 32.4 Å². The third kappa shape index (κ3) is 6.56. The molecule has 1 aliphatic rings. The third-order valence-electron chi connectivity index (χ3n) is 4.29. The molecule has 29 heavy (non-hydrogen) atoms. The Bertz CT molecular complexity index is 809. The molecule has 0 saturated carbocycles. The molecule has 9 nitrogen and oxygen atoms in total. The van der Waals surface area contributed by atoms with Gasteiger partial charge >= 0.3 is 6.16 Å². The highest BCUT2D eigenvalue weighted by Gasteiger charge is 2.24. The first-order valence-corrected chi connectivity index (χ1v) is 9.87. The molecule has 0 atom stereocenters. The van der Waals surface area contributed by atoms with E-state index in [0.29, 0.717) is 37.6 Å². The number of pyridine rings is 1. The van der Waals surface area contributed by atoms with Gasteiger partial charge < -0.3 is 19.6 Å². The van der Waals surface area contributed by atoms with Crippen molar-refractivity contribution in [1.82, 2.24) is 20.0 Å². The SMILES string of the molecule is CCc1cccc(Nc2cc(OC3CCN(OC(=O)OC(C)C)CC3)ncn2)n1. The lowest BCUT2D eigenvalue weighted by molar-refractivity contribution is -0.151. The summed E-state index contributed by atoms with van der Waals surface area (Å²) in [5.74, 6) is 1.84. The van der Waals surface area contributed by atoms with Gasteiger partial charge in [0.15, 0.2) is 0 Å². The molecule has 0 radical (unpaired) electrons. The van der Waals surface area contributed by atoms with Crippen LogP contribution in [0.1, 0.15) is 39.3 Å². The van der Waals surface area contributed by atoms with Crippen LogP contribution < -0.4 is 10.1 Å². The van der Waals surface area contributed by atoms with E-state index in [4.69, 9.17) is 14.3 Å². The summed E-state index contributed by atoms with van der Waals surface area (Å²) < 4.78 is 11.0. The normalized spacial score (nSPS) is 15.2. The molecule has 0 unspecified atom stereocenters. The van der Waals surface area contributed by atoms with Gasteiger partial charge in [0.25, 0.3) is 0 Å². The molecule has 9 heteroatoms. The summed E-state index contributed by atoms with van der Waals surface area (Å²) in [5, 5.41) is 4.78. The molecular formula is C20H27N5O4. The number of ether oxygens (including phenoxy) is 2. The summed E-state index contributed by atoms with van der Waals surface area (Å²) in [4.78, 5) is 29.7. The highest BCUT2D eigenvalue weighted by Crippen LogP contribution is 2.21. The topological polar surface area (TPSA) is 98.7 Å². The molecule has 3 rings (SSSR count). The van der Waals surface area contributed by atoms with Crippen molar-refractivity contribution < 1.29 is 19.1 Å². The van der Waals surface area contributed by atoms with Crippen molar-refractivity contribution in [3.05, 3.63) is 36.3 Å². The summed E-state index contributed by atoms with van der Waals surface area (Å²) in [5.41, 5.74) is 1.01. The number of hydrogen-bond donors (Lipinski definition) is 1. The van der Waals surface area contributed by atoms with Crippen molar-refractivity contribution in [1.29, 1.82) is 0 Å². The van der Waals surface area contributed by atoms with Gasteiger partial charge in [-0.1, -0.05) is 13.0 Å². The number of nitrogens with zero attached hydrogens (tertiary/aromatic N) is 4. The van der Waals surface area contributed by atoms with Crippen molar-refractivity contribution in [3.63, 3.8) is 0 Å². The quantitative estimate of drug-likeness (QED) is 0.699. The average Bonchev–Trinajstić information content (AvgIpc) is 2.69. The Morgan fingerprint density at radius 3 is 2.76 bits per heavy atom. The van der Waals surface area contributed by atoms with E-state index in [1.165, 1.54) is 6.33 Å². The molecule has 1 aliphatic heterocycles. The lowest BCUT2D eigenvalue weighted by Gasteiger charge is -2.30. The van der Waals surface area contributed by atoms with E-state index < -0.39 is 6.16 Å². The summed E-state index contributed by atoms with van der Waals surface area (Å²) in [6.07, 6.45) is 2.85. The monoisotopic (exact) mass is 401 g/mol. The Morgan fingerprint density at radius 2 is 2.03 bits per heavy atom. The van der Waals surface area contributed by atoms with Crippen LogP contribution in [0.3, 0.4) is 0 Å². The van der Waals surface area contributed by atoms with E-state index in [1.54, 1.807) is 25.0 Å². The second-order valence-electron chi connectivity index (χ2n) is 6.99. The highest BCUT2D eigenvalue weighted by molar-refractivity contribution is 5.59. The molecule has 0 aromatic carbocycles.